The molecule has 0 atom stereocenters. The molecular weight excluding hydrogens is 342 g/mol. The van der Waals surface area contributed by atoms with Crippen molar-refractivity contribution in [3.63, 3.8) is 0 Å². The number of hydrogen-bond acceptors (Lipinski definition) is 4. The Labute approximate surface area is 145 Å². The van der Waals surface area contributed by atoms with Crippen molar-refractivity contribution in [3.05, 3.63) is 66.2 Å². The van der Waals surface area contributed by atoms with E-state index in [-0.39, 0.29) is 4.90 Å². The summed E-state index contributed by atoms with van der Waals surface area (Å²) in [5.74, 6) is 4.77. The largest absolute Gasteiger partial charge is 0.497 e. The maximum absolute atomic E-state index is 12.4. The molecule has 0 aliphatic heterocycles. The van der Waals surface area contributed by atoms with Crippen LogP contribution in [0.25, 0.3) is 0 Å². The number of ether oxygens (including phenoxy) is 1. The lowest BCUT2D eigenvalue weighted by Gasteiger charge is -2.09. The number of methoxy groups -OCH3 is 1. The lowest BCUT2D eigenvalue weighted by atomic mass is 10.2. The van der Waals surface area contributed by atoms with Crippen LogP contribution in [0.2, 0.25) is 0 Å². The number of hydrogen-bond donors (Lipinski definition) is 2. The van der Waals surface area contributed by atoms with Crippen molar-refractivity contribution in [2.45, 2.75) is 4.90 Å². The van der Waals surface area contributed by atoms with Gasteiger partial charge >= 0.3 is 5.97 Å². The number of aliphatic carboxylic acids is 1. The molecule has 0 radical (unpaired) electrons. The zero-order valence-corrected chi connectivity index (χ0v) is 14.1. The molecule has 0 aromatic heterocycles. The number of allylic oxidation sites excluding steroid dienone is 1. The fraction of sp³-hybridized carbons (Fsp3) is 0.0556. The van der Waals surface area contributed by atoms with E-state index < -0.39 is 16.0 Å². The summed E-state index contributed by atoms with van der Waals surface area (Å²) in [7, 11) is -2.24. The van der Waals surface area contributed by atoms with Gasteiger partial charge in [0.2, 0.25) is 0 Å². The third-order valence-corrected chi connectivity index (χ3v) is 4.41. The molecule has 0 fully saturated rings. The Balaban J connectivity index is 2.18. The van der Waals surface area contributed by atoms with E-state index in [1.807, 2.05) is 0 Å². The van der Waals surface area contributed by atoms with E-state index in [2.05, 4.69) is 16.6 Å². The first-order valence-electron chi connectivity index (χ1n) is 7.09. The molecule has 0 saturated heterocycles. The van der Waals surface area contributed by atoms with E-state index in [4.69, 9.17) is 9.84 Å². The van der Waals surface area contributed by atoms with E-state index in [0.717, 1.165) is 6.08 Å². The normalized spacial score (nSPS) is 10.8. The van der Waals surface area contributed by atoms with Crippen LogP contribution in [0.1, 0.15) is 5.56 Å². The second-order valence-corrected chi connectivity index (χ2v) is 6.49. The maximum Gasteiger partial charge on any atom is 0.328 e. The number of sulfonamides is 1. The van der Waals surface area contributed by atoms with Crippen LogP contribution in [0.15, 0.2) is 65.6 Å². The second kappa shape index (κ2) is 8.04. The highest BCUT2D eigenvalue weighted by molar-refractivity contribution is 7.92. The van der Waals surface area contributed by atoms with Crippen molar-refractivity contribution in [1.29, 1.82) is 0 Å². The summed E-state index contributed by atoms with van der Waals surface area (Å²) >= 11 is 0. The predicted molar refractivity (Wildman–Crippen MR) is 93.9 cm³/mol. The van der Waals surface area contributed by atoms with Gasteiger partial charge in [-0.15, -0.1) is 0 Å². The Morgan fingerprint density at radius 1 is 1.20 bits per heavy atom. The highest BCUT2D eigenvalue weighted by Crippen LogP contribution is 2.19. The molecule has 6 nitrogen and oxygen atoms in total. The molecule has 2 N–H and O–H groups in total. The number of carboxylic acid groups (broad SMARTS) is 1. The van der Waals surface area contributed by atoms with E-state index >= 15 is 0 Å². The number of carbonyl (C=O) groups is 1. The number of rotatable bonds is 5. The number of anilines is 1. The van der Waals surface area contributed by atoms with Crippen molar-refractivity contribution in [3.8, 4) is 17.6 Å². The molecule has 25 heavy (non-hydrogen) atoms. The zero-order valence-electron chi connectivity index (χ0n) is 13.3. The number of nitrogens with one attached hydrogen (secondary N) is 1. The molecule has 0 aliphatic rings. The van der Waals surface area contributed by atoms with Crippen molar-refractivity contribution < 1.29 is 23.1 Å². The molecule has 128 valence electrons. The van der Waals surface area contributed by atoms with Gasteiger partial charge in [-0.05, 0) is 48.5 Å². The van der Waals surface area contributed by atoms with Crippen LogP contribution in [0.4, 0.5) is 5.69 Å². The molecule has 0 aliphatic carbocycles. The van der Waals surface area contributed by atoms with Crippen LogP contribution in [0, 0.1) is 11.8 Å². The van der Waals surface area contributed by atoms with Crippen LogP contribution in [-0.2, 0) is 14.8 Å². The second-order valence-electron chi connectivity index (χ2n) is 4.80. The maximum atomic E-state index is 12.4. The van der Waals surface area contributed by atoms with Gasteiger partial charge in [-0.2, -0.15) is 0 Å². The summed E-state index contributed by atoms with van der Waals surface area (Å²) in [4.78, 5) is 10.5. The predicted octanol–water partition coefficient (Wildman–Crippen LogP) is 2.49. The summed E-state index contributed by atoms with van der Waals surface area (Å²) < 4.78 is 32.2. The molecule has 0 saturated carbocycles. The highest BCUT2D eigenvalue weighted by atomic mass is 32.2. The van der Waals surface area contributed by atoms with Gasteiger partial charge in [0, 0.05) is 11.6 Å². The van der Waals surface area contributed by atoms with Gasteiger partial charge in [0.1, 0.15) is 5.75 Å². The summed E-state index contributed by atoms with van der Waals surface area (Å²) in [6.07, 6.45) is 2.12. The lowest BCUT2D eigenvalue weighted by Crippen LogP contribution is -2.12. The minimum Gasteiger partial charge on any atom is -0.497 e. The highest BCUT2D eigenvalue weighted by Gasteiger charge is 2.14. The molecule has 2 rings (SSSR count). The zero-order chi connectivity index (χ0) is 18.3. The Bertz CT molecular complexity index is 951. The van der Waals surface area contributed by atoms with Crippen molar-refractivity contribution in [2.24, 2.45) is 0 Å². The Kier molecular flexibility index (Phi) is 5.82. The fourth-order valence-electron chi connectivity index (χ4n) is 1.87. The van der Waals surface area contributed by atoms with Crippen LogP contribution in [0.3, 0.4) is 0 Å². The van der Waals surface area contributed by atoms with Gasteiger partial charge < -0.3 is 9.84 Å². The molecule has 7 heteroatoms. The first-order valence-corrected chi connectivity index (χ1v) is 8.57. The number of carboxylic acids is 1. The van der Waals surface area contributed by atoms with Crippen LogP contribution < -0.4 is 9.46 Å². The molecule has 0 unspecified atom stereocenters. The van der Waals surface area contributed by atoms with Crippen molar-refractivity contribution in [2.75, 3.05) is 11.8 Å². The Morgan fingerprint density at radius 2 is 1.92 bits per heavy atom. The van der Waals surface area contributed by atoms with Gasteiger partial charge in [0.25, 0.3) is 10.0 Å². The minimum absolute atomic E-state index is 0.106. The van der Waals surface area contributed by atoms with Crippen LogP contribution >= 0.6 is 0 Å². The van der Waals surface area contributed by atoms with Gasteiger partial charge in [0.15, 0.2) is 0 Å². The minimum atomic E-state index is -3.74. The van der Waals surface area contributed by atoms with E-state index in [9.17, 15) is 13.2 Å². The smallest absolute Gasteiger partial charge is 0.328 e. The third kappa shape index (κ3) is 5.41. The summed E-state index contributed by atoms with van der Waals surface area (Å²) in [5, 5.41) is 8.48. The first-order chi connectivity index (χ1) is 11.9. The van der Waals surface area contributed by atoms with Crippen LogP contribution in [0.5, 0.6) is 5.75 Å². The SMILES string of the molecule is COc1ccc(S(=O)(=O)Nc2cccc(C#C/C=C/C(=O)O)c2)cc1. The monoisotopic (exact) mass is 357 g/mol. The van der Waals surface area contributed by atoms with Gasteiger partial charge in [-0.25, -0.2) is 13.2 Å². The average molecular weight is 357 g/mol. The molecule has 0 bridgehead atoms. The fourth-order valence-corrected chi connectivity index (χ4v) is 2.92. The van der Waals surface area contributed by atoms with Gasteiger partial charge in [-0.3, -0.25) is 4.72 Å². The summed E-state index contributed by atoms with van der Waals surface area (Å²) in [6.45, 7) is 0. The van der Waals surface area contributed by atoms with E-state index in [1.165, 1.54) is 25.3 Å². The quantitative estimate of drug-likeness (QED) is 0.633. The third-order valence-electron chi connectivity index (χ3n) is 3.01. The van der Waals surface area contributed by atoms with Crippen molar-refractivity contribution in [1.82, 2.24) is 0 Å². The van der Waals surface area contributed by atoms with Gasteiger partial charge in [-0.1, -0.05) is 17.9 Å². The molecule has 0 spiro atoms. The van der Waals surface area contributed by atoms with Gasteiger partial charge in [0.05, 0.1) is 17.7 Å². The Hall–Kier alpha value is -3.24. The van der Waals surface area contributed by atoms with E-state index in [0.29, 0.717) is 17.0 Å². The molecule has 2 aromatic rings. The molecule has 0 heterocycles. The topological polar surface area (TPSA) is 92.7 Å². The lowest BCUT2D eigenvalue weighted by molar-refractivity contribution is -0.131. The first kappa shape index (κ1) is 18.1. The standard InChI is InChI=1S/C18H15NO5S/c1-24-16-9-11-17(12-10-16)25(22,23)19-15-7-4-6-14(13-15)5-2-3-8-18(20)21/h3-4,6-13,19H,1H3,(H,20,21)/b8-3+. The molecule has 2 aromatic carbocycles. The summed E-state index contributed by atoms with van der Waals surface area (Å²) in [5.41, 5.74) is 0.898. The summed E-state index contributed by atoms with van der Waals surface area (Å²) in [6, 6.07) is 12.5. The molecular formula is C18H15NO5S. The van der Waals surface area contributed by atoms with Crippen LogP contribution in [-0.4, -0.2) is 26.6 Å². The van der Waals surface area contributed by atoms with E-state index in [1.54, 1.807) is 36.4 Å². The average Bonchev–Trinajstić information content (AvgIpc) is 2.58. The number of benzene rings is 2. The Morgan fingerprint density at radius 3 is 2.56 bits per heavy atom. The van der Waals surface area contributed by atoms with Crippen molar-refractivity contribution >= 4 is 21.7 Å². The molecule has 0 amide bonds.